The predicted octanol–water partition coefficient (Wildman–Crippen LogP) is 0.758. The molecule has 0 aliphatic heterocycles. The molecule has 0 atom stereocenters. The van der Waals surface area contributed by atoms with Crippen LogP contribution in [0, 0.1) is 0 Å². The summed E-state index contributed by atoms with van der Waals surface area (Å²) in [4.78, 5) is 17.0. The third-order valence-electron chi connectivity index (χ3n) is 2.23. The van der Waals surface area contributed by atoms with Crippen molar-refractivity contribution >= 4 is 17.7 Å². The lowest BCUT2D eigenvalue weighted by Crippen LogP contribution is -2.09. The van der Waals surface area contributed by atoms with Crippen LogP contribution >= 0.6 is 11.8 Å². The van der Waals surface area contributed by atoms with Gasteiger partial charge < -0.3 is 5.32 Å². The van der Waals surface area contributed by atoms with Crippen molar-refractivity contribution < 1.29 is 0 Å². The van der Waals surface area contributed by atoms with Gasteiger partial charge in [0.1, 0.15) is 6.33 Å². The zero-order valence-corrected chi connectivity index (χ0v) is 11.4. The quantitative estimate of drug-likeness (QED) is 0.708. The number of H-pyrrole nitrogens is 1. The van der Waals surface area contributed by atoms with Crippen LogP contribution in [0.4, 0.5) is 5.95 Å². The van der Waals surface area contributed by atoms with Gasteiger partial charge in [-0.3, -0.25) is 5.10 Å². The highest BCUT2D eigenvalue weighted by atomic mass is 32.2. The maximum atomic E-state index is 4.35. The monoisotopic (exact) mass is 289 g/mol. The third kappa shape index (κ3) is 2.74. The summed E-state index contributed by atoms with van der Waals surface area (Å²) in [6.45, 7) is 2.69. The Morgan fingerprint density at radius 1 is 1.35 bits per heavy atom. The number of rotatable bonds is 5. The van der Waals surface area contributed by atoms with Gasteiger partial charge in [-0.15, -0.1) is 0 Å². The van der Waals surface area contributed by atoms with E-state index < -0.39 is 0 Å². The molecule has 9 nitrogen and oxygen atoms in total. The van der Waals surface area contributed by atoms with Crippen molar-refractivity contribution in [2.45, 2.75) is 17.2 Å². The van der Waals surface area contributed by atoms with Gasteiger partial charge in [-0.25, -0.2) is 9.67 Å². The first kappa shape index (κ1) is 12.5. The van der Waals surface area contributed by atoms with Crippen molar-refractivity contribution in [3.05, 3.63) is 24.8 Å². The fraction of sp³-hybridized carbons (Fsp3) is 0.200. The molecule has 0 aliphatic rings. The Morgan fingerprint density at radius 3 is 3.00 bits per heavy atom. The molecule has 3 aromatic rings. The molecule has 0 aliphatic carbocycles. The van der Waals surface area contributed by atoms with E-state index in [-0.39, 0.29) is 0 Å². The van der Waals surface area contributed by atoms with Gasteiger partial charge in [-0.05, 0) is 24.8 Å². The number of hydrogen-bond acceptors (Lipinski definition) is 8. The first-order valence-electron chi connectivity index (χ1n) is 5.88. The van der Waals surface area contributed by atoms with E-state index in [4.69, 9.17) is 0 Å². The summed E-state index contributed by atoms with van der Waals surface area (Å²) in [5, 5.41) is 14.8. The minimum absolute atomic E-state index is 0.447. The van der Waals surface area contributed by atoms with Crippen LogP contribution in [0.5, 0.6) is 0 Å². The minimum atomic E-state index is 0.447. The summed E-state index contributed by atoms with van der Waals surface area (Å²) in [6.07, 6.45) is 4.87. The summed E-state index contributed by atoms with van der Waals surface area (Å²) in [7, 11) is 0. The van der Waals surface area contributed by atoms with Gasteiger partial charge in [0.05, 0.1) is 0 Å². The molecule has 0 unspecified atom stereocenters. The number of aromatic nitrogens is 8. The lowest BCUT2D eigenvalue weighted by Gasteiger charge is -2.06. The number of nitrogens with one attached hydrogen (secondary N) is 2. The Bertz CT molecular complexity index is 664. The average molecular weight is 289 g/mol. The van der Waals surface area contributed by atoms with Crippen molar-refractivity contribution in [1.29, 1.82) is 0 Å². The second-order valence-electron chi connectivity index (χ2n) is 3.62. The number of nitrogens with zero attached hydrogens (tertiary/aromatic N) is 7. The minimum Gasteiger partial charge on any atom is -0.354 e. The summed E-state index contributed by atoms with van der Waals surface area (Å²) < 4.78 is 1.58. The predicted molar refractivity (Wildman–Crippen MR) is 71.6 cm³/mol. The van der Waals surface area contributed by atoms with Crippen LogP contribution in [0.1, 0.15) is 6.92 Å². The lowest BCUT2D eigenvalue weighted by molar-refractivity contribution is 0.759. The fourth-order valence-electron chi connectivity index (χ4n) is 1.45. The Balaban J connectivity index is 1.96. The van der Waals surface area contributed by atoms with Gasteiger partial charge in [-0.2, -0.15) is 25.1 Å². The van der Waals surface area contributed by atoms with E-state index in [0.29, 0.717) is 22.2 Å². The van der Waals surface area contributed by atoms with E-state index in [1.54, 1.807) is 23.1 Å². The zero-order valence-electron chi connectivity index (χ0n) is 10.6. The van der Waals surface area contributed by atoms with Gasteiger partial charge in [-0.1, -0.05) is 0 Å². The standard InChI is InChI=1S/C10H11N9S/c1-2-11-7-15-8(19-5-3-4-14-19)17-10(16-7)20-9-12-6-13-18-9/h3-6H,2H2,1H3,(H,12,13,18)(H,11,15,16,17). The molecule has 3 heterocycles. The fourth-order valence-corrected chi connectivity index (χ4v) is 2.08. The zero-order chi connectivity index (χ0) is 13.8. The topological polar surface area (TPSA) is 110 Å². The molecule has 20 heavy (non-hydrogen) atoms. The molecule has 3 rings (SSSR count). The van der Waals surface area contributed by atoms with Gasteiger partial charge in [0, 0.05) is 18.9 Å². The highest BCUT2D eigenvalue weighted by Gasteiger charge is 2.10. The van der Waals surface area contributed by atoms with Crippen LogP contribution in [-0.4, -0.2) is 46.5 Å². The Kier molecular flexibility index (Phi) is 3.54. The number of hydrogen-bond donors (Lipinski definition) is 2. The van der Waals surface area contributed by atoms with Gasteiger partial charge >= 0.3 is 0 Å². The molecule has 0 amide bonds. The van der Waals surface area contributed by atoms with Gasteiger partial charge in [0.2, 0.25) is 11.1 Å². The van der Waals surface area contributed by atoms with Gasteiger partial charge in [0.25, 0.3) is 5.95 Å². The van der Waals surface area contributed by atoms with Crippen LogP contribution in [0.2, 0.25) is 0 Å². The molecule has 0 bridgehead atoms. The Morgan fingerprint density at radius 2 is 2.30 bits per heavy atom. The molecule has 0 spiro atoms. The molecular weight excluding hydrogens is 278 g/mol. The lowest BCUT2D eigenvalue weighted by atomic mass is 10.7. The summed E-state index contributed by atoms with van der Waals surface area (Å²) >= 11 is 1.27. The molecule has 3 aromatic heterocycles. The van der Waals surface area contributed by atoms with Crippen LogP contribution in [0.15, 0.2) is 35.1 Å². The number of anilines is 1. The first-order chi connectivity index (χ1) is 9.85. The molecular formula is C10H11N9S. The maximum absolute atomic E-state index is 4.35. The van der Waals surface area contributed by atoms with E-state index in [1.807, 2.05) is 6.92 Å². The Labute approximate surface area is 118 Å². The van der Waals surface area contributed by atoms with E-state index in [0.717, 1.165) is 6.54 Å². The van der Waals surface area contributed by atoms with Crippen molar-refractivity contribution in [2.75, 3.05) is 11.9 Å². The molecule has 0 radical (unpaired) electrons. The molecule has 102 valence electrons. The maximum Gasteiger partial charge on any atom is 0.256 e. The summed E-state index contributed by atoms with van der Waals surface area (Å²) in [5.41, 5.74) is 0. The first-order valence-corrected chi connectivity index (χ1v) is 6.70. The second kappa shape index (κ2) is 5.65. The highest BCUT2D eigenvalue weighted by molar-refractivity contribution is 7.99. The smallest absolute Gasteiger partial charge is 0.256 e. The molecule has 0 saturated heterocycles. The number of aromatic amines is 1. The molecule has 0 fully saturated rings. The van der Waals surface area contributed by atoms with Crippen molar-refractivity contribution in [3.8, 4) is 5.95 Å². The van der Waals surface area contributed by atoms with Gasteiger partial charge in [0.15, 0.2) is 5.16 Å². The van der Waals surface area contributed by atoms with Crippen molar-refractivity contribution in [1.82, 2.24) is 39.9 Å². The normalized spacial score (nSPS) is 10.7. The molecule has 10 heteroatoms. The van der Waals surface area contributed by atoms with E-state index in [1.165, 1.54) is 18.1 Å². The van der Waals surface area contributed by atoms with E-state index in [9.17, 15) is 0 Å². The largest absolute Gasteiger partial charge is 0.354 e. The van der Waals surface area contributed by atoms with E-state index >= 15 is 0 Å². The second-order valence-corrected chi connectivity index (χ2v) is 4.57. The van der Waals surface area contributed by atoms with E-state index in [2.05, 4.69) is 40.5 Å². The van der Waals surface area contributed by atoms with Crippen LogP contribution in [-0.2, 0) is 0 Å². The summed E-state index contributed by atoms with van der Waals surface area (Å²) in [5.74, 6) is 0.943. The highest BCUT2D eigenvalue weighted by Crippen LogP contribution is 2.21. The SMILES string of the molecule is CCNc1nc(Sc2ncn[nH]2)nc(-n2cccn2)n1. The molecule has 0 aromatic carbocycles. The van der Waals surface area contributed by atoms with Crippen molar-refractivity contribution in [2.24, 2.45) is 0 Å². The Hall–Kier alpha value is -2.49. The summed E-state index contributed by atoms with van der Waals surface area (Å²) in [6, 6.07) is 1.81. The van der Waals surface area contributed by atoms with Crippen LogP contribution < -0.4 is 5.32 Å². The third-order valence-corrected chi connectivity index (χ3v) is 2.98. The molecule has 0 saturated carbocycles. The van der Waals surface area contributed by atoms with Crippen LogP contribution in [0.3, 0.4) is 0 Å². The molecule has 2 N–H and O–H groups in total. The average Bonchev–Trinajstić information content (AvgIpc) is 3.11. The van der Waals surface area contributed by atoms with Crippen molar-refractivity contribution in [3.63, 3.8) is 0 Å². The van der Waals surface area contributed by atoms with Crippen LogP contribution in [0.25, 0.3) is 5.95 Å².